The molecule has 1 unspecified atom stereocenters. The SMILES string of the molecule is CC(CN1CCCC1)NCc1n[nH]c2c1CCC2. The molecule has 0 bridgehead atoms. The Morgan fingerprint density at radius 3 is 2.94 bits per heavy atom. The molecule has 1 aliphatic heterocycles. The molecule has 0 saturated carbocycles. The van der Waals surface area contributed by atoms with Crippen LogP contribution in [0.5, 0.6) is 0 Å². The molecule has 0 spiro atoms. The Balaban J connectivity index is 1.48. The minimum atomic E-state index is 0.553. The summed E-state index contributed by atoms with van der Waals surface area (Å²) in [6.07, 6.45) is 6.44. The summed E-state index contributed by atoms with van der Waals surface area (Å²) in [6.45, 7) is 6.94. The van der Waals surface area contributed by atoms with Crippen molar-refractivity contribution in [1.29, 1.82) is 0 Å². The van der Waals surface area contributed by atoms with Gasteiger partial charge in [0.05, 0.1) is 5.69 Å². The lowest BCUT2D eigenvalue weighted by Gasteiger charge is -2.21. The first kappa shape index (κ1) is 12.2. The van der Waals surface area contributed by atoms with Gasteiger partial charge in [0.25, 0.3) is 0 Å². The van der Waals surface area contributed by atoms with Gasteiger partial charge in [-0.1, -0.05) is 0 Å². The van der Waals surface area contributed by atoms with E-state index in [4.69, 9.17) is 0 Å². The summed E-state index contributed by atoms with van der Waals surface area (Å²) in [5, 5.41) is 11.2. The molecule has 1 atom stereocenters. The second-order valence-corrected chi connectivity index (χ2v) is 5.77. The topological polar surface area (TPSA) is 44.0 Å². The first-order valence-corrected chi connectivity index (χ1v) is 7.33. The zero-order chi connectivity index (χ0) is 12.4. The van der Waals surface area contributed by atoms with Crippen molar-refractivity contribution < 1.29 is 0 Å². The number of H-pyrrole nitrogens is 1. The molecule has 1 saturated heterocycles. The number of nitrogens with zero attached hydrogens (tertiary/aromatic N) is 2. The Morgan fingerprint density at radius 1 is 1.28 bits per heavy atom. The third-order valence-corrected chi connectivity index (χ3v) is 4.24. The van der Waals surface area contributed by atoms with Crippen molar-refractivity contribution in [3.8, 4) is 0 Å². The fraction of sp³-hybridized carbons (Fsp3) is 0.786. The smallest absolute Gasteiger partial charge is 0.0794 e. The zero-order valence-electron chi connectivity index (χ0n) is 11.3. The van der Waals surface area contributed by atoms with E-state index >= 15 is 0 Å². The lowest BCUT2D eigenvalue weighted by molar-refractivity contribution is 0.297. The number of aromatic nitrogens is 2. The fourth-order valence-corrected chi connectivity index (χ4v) is 3.22. The molecule has 1 aromatic heterocycles. The van der Waals surface area contributed by atoms with E-state index in [1.54, 1.807) is 0 Å². The molecule has 0 radical (unpaired) electrons. The normalized spacial score (nSPS) is 21.4. The maximum Gasteiger partial charge on any atom is 0.0794 e. The Kier molecular flexibility index (Phi) is 3.66. The van der Waals surface area contributed by atoms with Crippen molar-refractivity contribution in [2.24, 2.45) is 0 Å². The zero-order valence-corrected chi connectivity index (χ0v) is 11.3. The van der Waals surface area contributed by atoms with Gasteiger partial charge >= 0.3 is 0 Å². The maximum atomic E-state index is 4.44. The highest BCUT2D eigenvalue weighted by Gasteiger charge is 2.19. The van der Waals surface area contributed by atoms with Crippen LogP contribution in [-0.4, -0.2) is 40.8 Å². The summed E-state index contributed by atoms with van der Waals surface area (Å²) in [6, 6.07) is 0.553. The summed E-state index contributed by atoms with van der Waals surface area (Å²) < 4.78 is 0. The van der Waals surface area contributed by atoms with Crippen molar-refractivity contribution in [2.75, 3.05) is 19.6 Å². The number of likely N-dealkylation sites (tertiary alicyclic amines) is 1. The minimum absolute atomic E-state index is 0.553. The van der Waals surface area contributed by atoms with Crippen molar-refractivity contribution in [3.63, 3.8) is 0 Å². The molecular formula is C14H24N4. The molecule has 4 nitrogen and oxygen atoms in total. The molecule has 3 rings (SSSR count). The average molecular weight is 248 g/mol. The van der Waals surface area contributed by atoms with E-state index in [2.05, 4.69) is 27.3 Å². The van der Waals surface area contributed by atoms with Crippen LogP contribution in [0, 0.1) is 0 Å². The van der Waals surface area contributed by atoms with Gasteiger partial charge in [0, 0.05) is 24.8 Å². The van der Waals surface area contributed by atoms with Gasteiger partial charge in [0.1, 0.15) is 0 Å². The number of hydrogen-bond donors (Lipinski definition) is 2. The van der Waals surface area contributed by atoms with Crippen LogP contribution >= 0.6 is 0 Å². The molecule has 2 aliphatic rings. The Morgan fingerprint density at radius 2 is 2.11 bits per heavy atom. The highest BCUT2D eigenvalue weighted by atomic mass is 15.2. The van der Waals surface area contributed by atoms with E-state index in [1.807, 2.05) is 0 Å². The number of aryl methyl sites for hydroxylation is 1. The van der Waals surface area contributed by atoms with Gasteiger partial charge in [-0.15, -0.1) is 0 Å². The molecule has 0 amide bonds. The predicted octanol–water partition coefficient (Wildman–Crippen LogP) is 1.47. The number of nitrogens with one attached hydrogen (secondary N) is 2. The third-order valence-electron chi connectivity index (χ3n) is 4.24. The van der Waals surface area contributed by atoms with Crippen molar-refractivity contribution in [3.05, 3.63) is 17.0 Å². The van der Waals surface area contributed by atoms with E-state index in [0.29, 0.717) is 6.04 Å². The van der Waals surface area contributed by atoms with Crippen LogP contribution in [-0.2, 0) is 19.4 Å². The molecule has 4 heteroatoms. The molecule has 1 aliphatic carbocycles. The molecule has 2 heterocycles. The summed E-state index contributed by atoms with van der Waals surface area (Å²) >= 11 is 0. The minimum Gasteiger partial charge on any atom is -0.307 e. The highest BCUT2D eigenvalue weighted by Crippen LogP contribution is 2.22. The van der Waals surface area contributed by atoms with Crippen LogP contribution in [0.15, 0.2) is 0 Å². The predicted molar refractivity (Wildman–Crippen MR) is 72.6 cm³/mol. The number of hydrogen-bond acceptors (Lipinski definition) is 3. The molecule has 2 N–H and O–H groups in total. The lowest BCUT2D eigenvalue weighted by atomic mass is 10.2. The van der Waals surface area contributed by atoms with Crippen LogP contribution in [0.1, 0.15) is 43.1 Å². The fourth-order valence-electron chi connectivity index (χ4n) is 3.22. The molecule has 1 aromatic rings. The van der Waals surface area contributed by atoms with Gasteiger partial charge in [0.15, 0.2) is 0 Å². The van der Waals surface area contributed by atoms with Gasteiger partial charge in [-0.25, -0.2) is 0 Å². The second kappa shape index (κ2) is 5.41. The van der Waals surface area contributed by atoms with E-state index in [0.717, 1.165) is 6.54 Å². The third kappa shape index (κ3) is 2.59. The first-order chi connectivity index (χ1) is 8.83. The van der Waals surface area contributed by atoms with Crippen LogP contribution in [0.25, 0.3) is 0 Å². The summed E-state index contributed by atoms with van der Waals surface area (Å²) in [7, 11) is 0. The lowest BCUT2D eigenvalue weighted by Crippen LogP contribution is -2.37. The largest absolute Gasteiger partial charge is 0.307 e. The van der Waals surface area contributed by atoms with Gasteiger partial charge < -0.3 is 10.2 Å². The van der Waals surface area contributed by atoms with Crippen molar-refractivity contribution >= 4 is 0 Å². The van der Waals surface area contributed by atoms with Crippen molar-refractivity contribution in [2.45, 2.75) is 51.6 Å². The van der Waals surface area contributed by atoms with Gasteiger partial charge in [-0.3, -0.25) is 5.10 Å². The monoisotopic (exact) mass is 248 g/mol. The number of rotatable bonds is 5. The van der Waals surface area contributed by atoms with E-state index < -0.39 is 0 Å². The van der Waals surface area contributed by atoms with Crippen LogP contribution < -0.4 is 5.32 Å². The Bertz CT molecular complexity index is 392. The van der Waals surface area contributed by atoms with Gasteiger partial charge in [-0.05, 0) is 57.7 Å². The van der Waals surface area contributed by atoms with E-state index in [9.17, 15) is 0 Å². The molecule has 100 valence electrons. The second-order valence-electron chi connectivity index (χ2n) is 5.77. The highest BCUT2D eigenvalue weighted by molar-refractivity contribution is 5.29. The standard InChI is InChI=1S/C14H24N4/c1-11(10-18-7-2-3-8-18)15-9-14-12-5-4-6-13(12)16-17-14/h11,15H,2-10H2,1H3,(H,16,17). The molecule has 1 fully saturated rings. The van der Waals surface area contributed by atoms with Crippen LogP contribution in [0.4, 0.5) is 0 Å². The summed E-state index contributed by atoms with van der Waals surface area (Å²) in [5.41, 5.74) is 4.10. The number of aromatic amines is 1. The molecule has 0 aromatic carbocycles. The van der Waals surface area contributed by atoms with E-state index in [-0.39, 0.29) is 0 Å². The van der Waals surface area contributed by atoms with E-state index in [1.165, 1.54) is 68.7 Å². The molecular weight excluding hydrogens is 224 g/mol. The quantitative estimate of drug-likeness (QED) is 0.829. The average Bonchev–Trinajstić information content (AvgIpc) is 3.03. The van der Waals surface area contributed by atoms with Crippen LogP contribution in [0.2, 0.25) is 0 Å². The number of fused-ring (bicyclic) bond motifs is 1. The summed E-state index contributed by atoms with van der Waals surface area (Å²) in [5.74, 6) is 0. The van der Waals surface area contributed by atoms with Crippen LogP contribution in [0.3, 0.4) is 0 Å². The first-order valence-electron chi connectivity index (χ1n) is 7.33. The summed E-state index contributed by atoms with van der Waals surface area (Å²) in [4.78, 5) is 2.56. The Labute approximate surface area is 109 Å². The van der Waals surface area contributed by atoms with Gasteiger partial charge in [0.2, 0.25) is 0 Å². The maximum absolute atomic E-state index is 4.44. The van der Waals surface area contributed by atoms with Gasteiger partial charge in [-0.2, -0.15) is 5.10 Å². The Hall–Kier alpha value is -0.870. The molecule has 18 heavy (non-hydrogen) atoms. The van der Waals surface area contributed by atoms with Crippen molar-refractivity contribution in [1.82, 2.24) is 20.4 Å².